The van der Waals surface area contributed by atoms with Crippen molar-refractivity contribution in [2.45, 2.75) is 32.6 Å². The second-order valence-electron chi connectivity index (χ2n) is 3.48. The van der Waals surface area contributed by atoms with Crippen LogP contribution in [0, 0.1) is 0 Å². The van der Waals surface area contributed by atoms with Crippen LogP contribution in [0.4, 0.5) is 0 Å². The molecule has 0 amide bonds. The first-order chi connectivity index (χ1) is 5.56. The van der Waals surface area contributed by atoms with E-state index in [1.807, 2.05) is 12.4 Å². The summed E-state index contributed by atoms with van der Waals surface area (Å²) in [6.07, 6.45) is 4.85. The van der Waals surface area contributed by atoms with Crippen LogP contribution in [0.5, 0.6) is 0 Å². The molecular weight excluding hydrogens is 216 g/mol. The van der Waals surface area contributed by atoms with Crippen LogP contribution in [-0.2, 0) is 5.41 Å². The van der Waals surface area contributed by atoms with Gasteiger partial charge in [-0.1, -0.05) is 20.8 Å². The highest BCUT2D eigenvalue weighted by Crippen LogP contribution is 2.25. The van der Waals surface area contributed by atoms with Gasteiger partial charge in [-0.3, -0.25) is 0 Å². The Morgan fingerprint density at radius 3 is 2.25 bits per heavy atom. The average Bonchev–Trinajstić information content (AvgIpc) is 2.05. The van der Waals surface area contributed by atoms with Gasteiger partial charge in [0.25, 0.3) is 0 Å². The predicted molar refractivity (Wildman–Crippen MR) is 53.0 cm³/mol. The molecule has 0 aliphatic heterocycles. The van der Waals surface area contributed by atoms with Crippen molar-refractivity contribution < 1.29 is 0 Å². The second-order valence-corrected chi connectivity index (χ2v) is 4.19. The van der Waals surface area contributed by atoms with Crippen LogP contribution in [0.15, 0.2) is 17.1 Å². The highest BCUT2D eigenvalue weighted by atomic mass is 79.9. The van der Waals surface area contributed by atoms with Gasteiger partial charge in [0.05, 0.1) is 0 Å². The Kier molecular flexibility index (Phi) is 2.83. The van der Waals surface area contributed by atoms with E-state index >= 15 is 0 Å². The lowest BCUT2D eigenvalue weighted by atomic mass is 9.84. The summed E-state index contributed by atoms with van der Waals surface area (Å²) >= 11 is 3.21. The molecule has 0 bridgehead atoms. The molecule has 0 unspecified atom stereocenters. The highest BCUT2D eigenvalue weighted by molar-refractivity contribution is 9.10. The first-order valence-electron chi connectivity index (χ1n) is 4.04. The topological polar surface area (TPSA) is 25.8 Å². The molecule has 66 valence electrons. The molecule has 0 aliphatic rings. The molecule has 1 rings (SSSR count). The van der Waals surface area contributed by atoms with Crippen molar-refractivity contribution in [2.75, 3.05) is 0 Å². The normalized spacial score (nSPS) is 11.7. The third-order valence-corrected chi connectivity index (χ3v) is 2.70. The molecule has 0 radical (unpaired) electrons. The highest BCUT2D eigenvalue weighted by Gasteiger charge is 2.18. The van der Waals surface area contributed by atoms with Crippen molar-refractivity contribution in [3.8, 4) is 0 Å². The quantitative estimate of drug-likeness (QED) is 0.728. The zero-order valence-electron chi connectivity index (χ0n) is 7.63. The largest absolute Gasteiger partial charge is 0.230 e. The van der Waals surface area contributed by atoms with Crippen LogP contribution < -0.4 is 0 Å². The summed E-state index contributed by atoms with van der Waals surface area (Å²) in [4.78, 5) is 8.20. The van der Waals surface area contributed by atoms with Gasteiger partial charge in [-0.2, -0.15) is 0 Å². The minimum atomic E-state index is 0.181. The molecular formula is C9H13BrN2. The summed E-state index contributed by atoms with van der Waals surface area (Å²) in [5.41, 5.74) is 1.37. The molecule has 0 spiro atoms. The van der Waals surface area contributed by atoms with Crippen molar-refractivity contribution in [1.82, 2.24) is 9.97 Å². The van der Waals surface area contributed by atoms with Gasteiger partial charge in [0.1, 0.15) is 0 Å². The Balaban J connectivity index is 2.96. The van der Waals surface area contributed by atoms with Crippen LogP contribution >= 0.6 is 15.9 Å². The van der Waals surface area contributed by atoms with Crippen LogP contribution in [-0.4, -0.2) is 9.97 Å². The van der Waals surface area contributed by atoms with E-state index in [0.717, 1.165) is 6.42 Å². The second kappa shape index (κ2) is 3.52. The molecule has 12 heavy (non-hydrogen) atoms. The molecule has 0 fully saturated rings. The number of hydrogen-bond donors (Lipinski definition) is 0. The third kappa shape index (κ3) is 2.03. The Labute approximate surface area is 81.6 Å². The van der Waals surface area contributed by atoms with Crippen molar-refractivity contribution in [3.63, 3.8) is 0 Å². The summed E-state index contributed by atoms with van der Waals surface area (Å²) in [6, 6.07) is 0. The third-order valence-electron chi connectivity index (χ3n) is 2.29. The average molecular weight is 229 g/mol. The molecule has 3 heteroatoms. The molecule has 0 aromatic carbocycles. The van der Waals surface area contributed by atoms with E-state index in [0.29, 0.717) is 4.73 Å². The van der Waals surface area contributed by atoms with Crippen LogP contribution in [0.2, 0.25) is 0 Å². The van der Waals surface area contributed by atoms with E-state index in [1.165, 1.54) is 5.56 Å². The summed E-state index contributed by atoms with van der Waals surface area (Å²) in [7, 11) is 0. The number of halogens is 1. The fourth-order valence-corrected chi connectivity index (χ4v) is 1.07. The lowest BCUT2D eigenvalue weighted by Gasteiger charge is -2.21. The number of nitrogens with zero attached hydrogens (tertiary/aromatic N) is 2. The smallest absolute Gasteiger partial charge is 0.196 e. The minimum absolute atomic E-state index is 0.181. The van der Waals surface area contributed by atoms with Gasteiger partial charge in [0, 0.05) is 12.4 Å². The number of aromatic nitrogens is 2. The summed E-state index contributed by atoms with van der Waals surface area (Å²) in [5, 5.41) is 0. The summed E-state index contributed by atoms with van der Waals surface area (Å²) < 4.78 is 0.651. The van der Waals surface area contributed by atoms with E-state index in [2.05, 4.69) is 46.7 Å². The van der Waals surface area contributed by atoms with Crippen molar-refractivity contribution in [3.05, 3.63) is 22.7 Å². The molecule has 0 atom stereocenters. The molecule has 0 N–H and O–H groups in total. The molecule has 2 nitrogen and oxygen atoms in total. The summed E-state index contributed by atoms with van der Waals surface area (Å²) in [6.45, 7) is 6.56. The SMILES string of the molecule is CCC(C)(C)c1cnc(Br)nc1. The van der Waals surface area contributed by atoms with Crippen molar-refractivity contribution >= 4 is 15.9 Å². The zero-order chi connectivity index (χ0) is 9.19. The molecule has 1 aromatic heterocycles. The predicted octanol–water partition coefficient (Wildman–Crippen LogP) is 2.93. The van der Waals surface area contributed by atoms with E-state index in [4.69, 9.17) is 0 Å². The van der Waals surface area contributed by atoms with Gasteiger partial charge in [0.2, 0.25) is 0 Å². The monoisotopic (exact) mass is 228 g/mol. The lowest BCUT2D eigenvalue weighted by Crippen LogP contribution is -2.15. The fraction of sp³-hybridized carbons (Fsp3) is 0.556. The van der Waals surface area contributed by atoms with E-state index in [1.54, 1.807) is 0 Å². The Hall–Kier alpha value is -0.440. The first-order valence-corrected chi connectivity index (χ1v) is 4.83. The van der Waals surface area contributed by atoms with Gasteiger partial charge in [0.15, 0.2) is 4.73 Å². The maximum absolute atomic E-state index is 4.10. The fourth-order valence-electron chi connectivity index (χ4n) is 0.866. The number of hydrogen-bond acceptors (Lipinski definition) is 2. The molecule has 0 saturated heterocycles. The molecule has 0 saturated carbocycles. The van der Waals surface area contributed by atoms with Crippen LogP contribution in [0.25, 0.3) is 0 Å². The van der Waals surface area contributed by atoms with Gasteiger partial charge in [-0.25, -0.2) is 9.97 Å². The van der Waals surface area contributed by atoms with E-state index in [9.17, 15) is 0 Å². The standard InChI is InChI=1S/C9H13BrN2/c1-4-9(2,3)7-5-11-8(10)12-6-7/h5-6H,4H2,1-3H3. The van der Waals surface area contributed by atoms with Crippen LogP contribution in [0.3, 0.4) is 0 Å². The summed E-state index contributed by atoms with van der Waals surface area (Å²) in [5.74, 6) is 0. The maximum Gasteiger partial charge on any atom is 0.196 e. The lowest BCUT2D eigenvalue weighted by molar-refractivity contribution is 0.501. The Bertz CT molecular complexity index is 254. The zero-order valence-corrected chi connectivity index (χ0v) is 9.22. The Morgan fingerprint density at radius 2 is 1.83 bits per heavy atom. The van der Waals surface area contributed by atoms with E-state index in [-0.39, 0.29) is 5.41 Å². The molecule has 0 aliphatic carbocycles. The van der Waals surface area contributed by atoms with Gasteiger partial charge in [-0.15, -0.1) is 0 Å². The number of rotatable bonds is 2. The maximum atomic E-state index is 4.10. The first kappa shape index (κ1) is 9.65. The van der Waals surface area contributed by atoms with Crippen molar-refractivity contribution in [1.29, 1.82) is 0 Å². The van der Waals surface area contributed by atoms with Crippen LogP contribution in [0.1, 0.15) is 32.8 Å². The van der Waals surface area contributed by atoms with Gasteiger partial charge < -0.3 is 0 Å². The van der Waals surface area contributed by atoms with E-state index < -0.39 is 0 Å². The van der Waals surface area contributed by atoms with Gasteiger partial charge >= 0.3 is 0 Å². The Morgan fingerprint density at radius 1 is 1.33 bits per heavy atom. The van der Waals surface area contributed by atoms with Crippen molar-refractivity contribution in [2.24, 2.45) is 0 Å². The minimum Gasteiger partial charge on any atom is -0.230 e. The van der Waals surface area contributed by atoms with Gasteiger partial charge in [-0.05, 0) is 33.3 Å². The molecule has 1 aromatic rings. The molecule has 1 heterocycles.